The molecule has 8 nitrogen and oxygen atoms in total. The number of anilines is 1. The number of halogens is 1. The summed E-state index contributed by atoms with van der Waals surface area (Å²) in [6, 6.07) is 4.35. The van der Waals surface area contributed by atoms with Gasteiger partial charge >= 0.3 is 5.97 Å². The topological polar surface area (TPSA) is 133 Å². The maximum Gasteiger partial charge on any atom is 0.343 e. The van der Waals surface area contributed by atoms with Crippen LogP contribution in [0.3, 0.4) is 0 Å². The quantitative estimate of drug-likeness (QED) is 0.335. The van der Waals surface area contributed by atoms with Crippen molar-refractivity contribution in [2.24, 2.45) is 5.73 Å². The predicted octanol–water partition coefficient (Wildman–Crippen LogP) is 1.26. The highest BCUT2D eigenvalue weighted by Crippen LogP contribution is 2.40. The molecule has 5 N–H and O–H groups in total. The summed E-state index contributed by atoms with van der Waals surface area (Å²) in [6.07, 6.45) is 0.0538. The Balaban J connectivity index is 1.84. The van der Waals surface area contributed by atoms with E-state index in [0.717, 1.165) is 11.1 Å². The van der Waals surface area contributed by atoms with Gasteiger partial charge < -0.3 is 25.9 Å². The molecule has 4 heterocycles. The highest BCUT2D eigenvalue weighted by molar-refractivity contribution is 5.91. The van der Waals surface area contributed by atoms with Crippen LogP contribution in [0.15, 0.2) is 23.0 Å². The van der Waals surface area contributed by atoms with E-state index in [-0.39, 0.29) is 48.5 Å². The molecule has 0 saturated heterocycles. The minimum Gasteiger partial charge on any atom is -0.458 e. The number of rotatable bonds is 2. The minimum atomic E-state index is -1.90. The van der Waals surface area contributed by atoms with E-state index < -0.39 is 17.4 Å². The number of nitrogen functional groups attached to an aromatic ring is 1. The summed E-state index contributed by atoms with van der Waals surface area (Å²) in [6.45, 7) is 1.81. The van der Waals surface area contributed by atoms with Gasteiger partial charge in [-0.3, -0.25) is 4.79 Å². The molecule has 0 spiro atoms. The molecule has 0 bridgehead atoms. The van der Waals surface area contributed by atoms with Gasteiger partial charge in [0.1, 0.15) is 12.4 Å². The number of fused-ring (bicyclic) bond motifs is 5. The van der Waals surface area contributed by atoms with Crippen LogP contribution in [0.1, 0.15) is 35.6 Å². The van der Waals surface area contributed by atoms with E-state index in [9.17, 15) is 19.1 Å². The Labute approximate surface area is 169 Å². The molecule has 1 atom stereocenters. The van der Waals surface area contributed by atoms with Crippen LogP contribution in [-0.4, -0.2) is 20.6 Å². The van der Waals surface area contributed by atoms with Crippen LogP contribution < -0.4 is 17.0 Å². The molecule has 0 aliphatic carbocycles. The van der Waals surface area contributed by atoms with Crippen molar-refractivity contribution < 1.29 is 19.0 Å². The summed E-state index contributed by atoms with van der Waals surface area (Å²) >= 11 is 0. The van der Waals surface area contributed by atoms with Gasteiger partial charge in [0, 0.05) is 29.1 Å². The number of carbonyl (C=O) groups excluding carboxylic acids is 1. The maximum atomic E-state index is 14.1. The van der Waals surface area contributed by atoms with Gasteiger partial charge in [0.05, 0.1) is 34.7 Å². The van der Waals surface area contributed by atoms with Gasteiger partial charge in [-0.25, -0.2) is 14.2 Å². The van der Waals surface area contributed by atoms with Crippen molar-refractivity contribution in [2.75, 3.05) is 5.73 Å². The Morgan fingerprint density at radius 2 is 2.07 bits per heavy atom. The van der Waals surface area contributed by atoms with Gasteiger partial charge in [-0.15, -0.1) is 0 Å². The van der Waals surface area contributed by atoms with E-state index in [1.54, 1.807) is 13.0 Å². The summed E-state index contributed by atoms with van der Waals surface area (Å²) in [5.41, 5.74) is 12.7. The van der Waals surface area contributed by atoms with Crippen LogP contribution in [0.4, 0.5) is 10.1 Å². The Morgan fingerprint density at radius 3 is 2.77 bits per heavy atom. The fourth-order valence-corrected chi connectivity index (χ4v) is 4.43. The van der Waals surface area contributed by atoms with Crippen molar-refractivity contribution >= 4 is 22.6 Å². The number of aromatic nitrogens is 2. The summed E-state index contributed by atoms with van der Waals surface area (Å²) < 4.78 is 20.7. The summed E-state index contributed by atoms with van der Waals surface area (Å²) in [5, 5.41) is 11.5. The SMILES string of the molecule is CC[C@@]1(O)C(=O)OCc2c1cc1n(c2=O)Cc2c-1nc1cc(F)c(N)cc1c2CN. The van der Waals surface area contributed by atoms with Crippen molar-refractivity contribution in [3.63, 3.8) is 0 Å². The van der Waals surface area contributed by atoms with Crippen molar-refractivity contribution in [1.29, 1.82) is 0 Å². The zero-order chi connectivity index (χ0) is 21.4. The third kappa shape index (κ3) is 2.24. The third-order valence-electron chi connectivity index (χ3n) is 6.13. The van der Waals surface area contributed by atoms with Gasteiger partial charge in [-0.05, 0) is 24.1 Å². The molecule has 0 unspecified atom stereocenters. The lowest BCUT2D eigenvalue weighted by atomic mass is 9.86. The first kappa shape index (κ1) is 18.7. The number of hydrogen-bond acceptors (Lipinski definition) is 7. The standard InChI is InChI=1S/C21H19FN4O4/c1-2-21(29)13-4-17-18-11(7-26(17)19(27)12(13)8-30-20(21)28)10(6-23)9-3-15(24)14(22)5-16(9)25-18/h3-5,29H,2,6-8,23-24H2,1H3/t21-/m0/s1. The van der Waals surface area contributed by atoms with E-state index in [0.29, 0.717) is 22.3 Å². The summed E-state index contributed by atoms with van der Waals surface area (Å²) in [7, 11) is 0. The fourth-order valence-electron chi connectivity index (χ4n) is 4.43. The molecule has 2 aliphatic heterocycles. The molecule has 0 fully saturated rings. The number of nitrogens with two attached hydrogens (primary N) is 2. The zero-order valence-electron chi connectivity index (χ0n) is 16.2. The van der Waals surface area contributed by atoms with Crippen molar-refractivity contribution in [2.45, 2.75) is 38.6 Å². The molecule has 30 heavy (non-hydrogen) atoms. The first-order valence-corrected chi connectivity index (χ1v) is 9.57. The molecule has 154 valence electrons. The number of esters is 1. The number of cyclic esters (lactones) is 1. The Hall–Kier alpha value is -3.30. The lowest BCUT2D eigenvalue weighted by Crippen LogP contribution is -2.44. The number of ether oxygens (including phenoxy) is 1. The van der Waals surface area contributed by atoms with Crippen LogP contribution >= 0.6 is 0 Å². The average Bonchev–Trinajstić information content (AvgIpc) is 3.09. The Bertz CT molecular complexity index is 1330. The molecule has 2 aromatic heterocycles. The Morgan fingerprint density at radius 1 is 1.30 bits per heavy atom. The van der Waals surface area contributed by atoms with Crippen LogP contribution in [0.5, 0.6) is 0 Å². The average molecular weight is 410 g/mol. The normalized spacial score (nSPS) is 19.4. The van der Waals surface area contributed by atoms with Gasteiger partial charge in [0.2, 0.25) is 0 Å². The van der Waals surface area contributed by atoms with Crippen molar-refractivity contribution in [1.82, 2.24) is 9.55 Å². The second-order valence-corrected chi connectivity index (χ2v) is 7.62. The molecule has 5 rings (SSSR count). The van der Waals surface area contributed by atoms with E-state index in [1.807, 2.05) is 0 Å². The number of hydrogen-bond donors (Lipinski definition) is 3. The van der Waals surface area contributed by atoms with Crippen molar-refractivity contribution in [3.8, 4) is 11.4 Å². The molecule has 0 amide bonds. The van der Waals surface area contributed by atoms with Gasteiger partial charge in [-0.2, -0.15) is 0 Å². The third-order valence-corrected chi connectivity index (χ3v) is 6.13. The molecular weight excluding hydrogens is 391 g/mol. The molecular formula is C21H19FN4O4. The number of nitrogens with zero attached hydrogens (tertiary/aromatic N) is 2. The number of pyridine rings is 2. The monoisotopic (exact) mass is 410 g/mol. The van der Waals surface area contributed by atoms with Crippen molar-refractivity contribution in [3.05, 3.63) is 56.6 Å². The lowest BCUT2D eigenvalue weighted by molar-refractivity contribution is -0.172. The summed E-state index contributed by atoms with van der Waals surface area (Å²) in [4.78, 5) is 30.0. The summed E-state index contributed by atoms with van der Waals surface area (Å²) in [5.74, 6) is -1.38. The number of carbonyl (C=O) groups is 1. The van der Waals surface area contributed by atoms with Crippen LogP contribution in [0.2, 0.25) is 0 Å². The van der Waals surface area contributed by atoms with Gasteiger partial charge in [0.15, 0.2) is 5.60 Å². The van der Waals surface area contributed by atoms with Gasteiger partial charge in [0.25, 0.3) is 5.56 Å². The molecule has 3 aromatic rings. The first-order valence-electron chi connectivity index (χ1n) is 9.57. The number of aliphatic hydroxyl groups is 1. The van der Waals surface area contributed by atoms with Gasteiger partial charge in [-0.1, -0.05) is 6.92 Å². The molecule has 1 aromatic carbocycles. The van der Waals surface area contributed by atoms with Crippen LogP contribution in [0, 0.1) is 5.82 Å². The van der Waals surface area contributed by atoms with Crippen LogP contribution in [-0.2, 0) is 34.8 Å². The molecule has 0 saturated carbocycles. The van der Waals surface area contributed by atoms with E-state index in [2.05, 4.69) is 4.98 Å². The Kier molecular flexibility index (Phi) is 3.80. The minimum absolute atomic E-state index is 0.00855. The second-order valence-electron chi connectivity index (χ2n) is 7.62. The number of benzene rings is 1. The van der Waals surface area contributed by atoms with Crippen LogP contribution in [0.25, 0.3) is 22.3 Å². The van der Waals surface area contributed by atoms with E-state index in [4.69, 9.17) is 16.2 Å². The fraction of sp³-hybridized carbons (Fsp3) is 0.286. The molecule has 9 heteroatoms. The molecule has 2 aliphatic rings. The van der Waals surface area contributed by atoms with E-state index in [1.165, 1.54) is 16.7 Å². The largest absolute Gasteiger partial charge is 0.458 e. The maximum absolute atomic E-state index is 14.1. The molecule has 0 radical (unpaired) electrons. The van der Waals surface area contributed by atoms with E-state index >= 15 is 0 Å². The highest BCUT2D eigenvalue weighted by atomic mass is 19.1. The lowest BCUT2D eigenvalue weighted by Gasteiger charge is -2.31. The zero-order valence-corrected chi connectivity index (χ0v) is 16.2. The highest BCUT2D eigenvalue weighted by Gasteiger charge is 2.45. The predicted molar refractivity (Wildman–Crippen MR) is 107 cm³/mol. The smallest absolute Gasteiger partial charge is 0.343 e. The second kappa shape index (κ2) is 6.10. The first-order chi connectivity index (χ1) is 14.3.